The summed E-state index contributed by atoms with van der Waals surface area (Å²) in [4.78, 5) is 27.0. The van der Waals surface area contributed by atoms with Crippen LogP contribution in [0, 0.1) is 24.0 Å². The van der Waals surface area contributed by atoms with E-state index in [4.69, 9.17) is 12.2 Å². The number of aryl methyl sites for hydroxylation is 2. The fourth-order valence-corrected chi connectivity index (χ4v) is 3.79. The zero-order chi connectivity index (χ0) is 18.8. The van der Waals surface area contributed by atoms with E-state index in [9.17, 15) is 14.9 Å². The Balaban J connectivity index is 1.72. The molecule has 0 saturated carbocycles. The first-order valence-electron chi connectivity index (χ1n) is 7.58. The Bertz CT molecular complexity index is 1050. The van der Waals surface area contributed by atoms with Gasteiger partial charge in [0.2, 0.25) is 0 Å². The molecule has 0 bridgehead atoms. The molecule has 0 aliphatic carbocycles. The molecule has 0 atom stereocenters. The van der Waals surface area contributed by atoms with Gasteiger partial charge in [0.05, 0.1) is 15.1 Å². The van der Waals surface area contributed by atoms with Crippen molar-refractivity contribution in [1.29, 1.82) is 0 Å². The number of aromatic nitrogens is 1. The number of carbonyl (C=O) groups is 1. The predicted molar refractivity (Wildman–Crippen MR) is 106 cm³/mol. The van der Waals surface area contributed by atoms with Crippen molar-refractivity contribution >= 4 is 55.6 Å². The van der Waals surface area contributed by atoms with E-state index in [1.165, 1.54) is 35.6 Å². The molecule has 0 fully saturated rings. The highest BCUT2D eigenvalue weighted by atomic mass is 32.1. The number of hydrogen-bond donors (Lipinski definition) is 2. The quantitative estimate of drug-likeness (QED) is 0.402. The van der Waals surface area contributed by atoms with Gasteiger partial charge < -0.3 is 5.32 Å². The molecule has 0 spiro atoms. The van der Waals surface area contributed by atoms with Gasteiger partial charge in [-0.15, -0.1) is 0 Å². The number of non-ortho nitro benzene ring substituents is 1. The average Bonchev–Trinajstić information content (AvgIpc) is 2.97. The standard InChI is InChI=1S/C17H14N4O3S2/c1-9-6-10(2)14-13(7-9)26-17(18-14)20-16(25)19-15(22)11-4-3-5-12(8-11)21(23)24/h3-8H,1-2H3,(H2,18,19,20,22,25). The first-order valence-corrected chi connectivity index (χ1v) is 8.80. The molecular weight excluding hydrogens is 372 g/mol. The van der Waals surface area contributed by atoms with Crippen LogP contribution in [0.2, 0.25) is 0 Å². The minimum atomic E-state index is -0.557. The van der Waals surface area contributed by atoms with Gasteiger partial charge in [-0.05, 0) is 49.3 Å². The normalized spacial score (nSPS) is 10.5. The van der Waals surface area contributed by atoms with E-state index >= 15 is 0 Å². The third-order valence-corrected chi connectivity index (χ3v) is 4.72. The molecule has 132 valence electrons. The lowest BCUT2D eigenvalue weighted by Gasteiger charge is -2.07. The Morgan fingerprint density at radius 1 is 1.27 bits per heavy atom. The zero-order valence-corrected chi connectivity index (χ0v) is 15.5. The van der Waals surface area contributed by atoms with Gasteiger partial charge in [-0.25, -0.2) is 4.98 Å². The third-order valence-electron chi connectivity index (χ3n) is 3.60. The van der Waals surface area contributed by atoms with Crippen molar-refractivity contribution in [3.8, 4) is 0 Å². The summed E-state index contributed by atoms with van der Waals surface area (Å²) in [5.74, 6) is -0.528. The Morgan fingerprint density at radius 3 is 2.77 bits per heavy atom. The number of nitro groups is 1. The van der Waals surface area contributed by atoms with E-state index in [0.29, 0.717) is 5.13 Å². The largest absolute Gasteiger partial charge is 0.308 e. The topological polar surface area (TPSA) is 97.2 Å². The number of rotatable bonds is 3. The first-order chi connectivity index (χ1) is 12.3. The molecule has 0 radical (unpaired) electrons. The highest BCUT2D eigenvalue weighted by Crippen LogP contribution is 2.29. The number of nitrogens with one attached hydrogen (secondary N) is 2. The van der Waals surface area contributed by atoms with Crippen LogP contribution in [0.25, 0.3) is 10.2 Å². The molecule has 1 aromatic heterocycles. The van der Waals surface area contributed by atoms with E-state index in [2.05, 4.69) is 15.6 Å². The fraction of sp³-hybridized carbons (Fsp3) is 0.118. The van der Waals surface area contributed by atoms with Gasteiger partial charge in [0.1, 0.15) is 0 Å². The summed E-state index contributed by atoms with van der Waals surface area (Å²) in [6.07, 6.45) is 0. The van der Waals surface area contributed by atoms with Crippen molar-refractivity contribution in [2.75, 3.05) is 5.32 Å². The summed E-state index contributed by atoms with van der Waals surface area (Å²) in [6.45, 7) is 4.00. The molecule has 1 amide bonds. The number of thiazole rings is 1. The number of thiocarbonyl (C=S) groups is 1. The van der Waals surface area contributed by atoms with Crippen LogP contribution >= 0.6 is 23.6 Å². The van der Waals surface area contributed by atoms with Gasteiger partial charge in [0, 0.05) is 17.7 Å². The Hall–Kier alpha value is -2.91. The van der Waals surface area contributed by atoms with E-state index in [0.717, 1.165) is 21.3 Å². The van der Waals surface area contributed by atoms with E-state index < -0.39 is 10.8 Å². The molecule has 0 saturated heterocycles. The van der Waals surface area contributed by atoms with E-state index in [1.807, 2.05) is 26.0 Å². The summed E-state index contributed by atoms with van der Waals surface area (Å²) in [6, 6.07) is 9.53. The Kier molecular flexibility index (Phi) is 4.92. The molecule has 2 N–H and O–H groups in total. The second kappa shape index (κ2) is 7.14. The zero-order valence-electron chi connectivity index (χ0n) is 13.9. The Morgan fingerprint density at radius 2 is 2.04 bits per heavy atom. The third kappa shape index (κ3) is 3.84. The summed E-state index contributed by atoms with van der Waals surface area (Å²) in [5.41, 5.74) is 3.09. The van der Waals surface area contributed by atoms with Gasteiger partial charge in [-0.2, -0.15) is 0 Å². The molecule has 2 aromatic carbocycles. The van der Waals surface area contributed by atoms with Crippen LogP contribution in [0.3, 0.4) is 0 Å². The first kappa shape index (κ1) is 17.9. The molecule has 3 rings (SSSR count). The summed E-state index contributed by atoms with van der Waals surface area (Å²) in [5, 5.41) is 16.8. The van der Waals surface area contributed by atoms with Crippen LogP contribution in [-0.4, -0.2) is 20.9 Å². The lowest BCUT2D eigenvalue weighted by molar-refractivity contribution is -0.384. The van der Waals surface area contributed by atoms with Gasteiger partial charge >= 0.3 is 0 Å². The number of hydrogen-bond acceptors (Lipinski definition) is 6. The summed E-state index contributed by atoms with van der Waals surface area (Å²) in [7, 11) is 0. The second-order valence-electron chi connectivity index (χ2n) is 5.66. The van der Waals surface area contributed by atoms with Gasteiger partial charge in [-0.1, -0.05) is 23.5 Å². The fourth-order valence-electron chi connectivity index (χ4n) is 2.49. The van der Waals surface area contributed by atoms with Gasteiger partial charge in [0.25, 0.3) is 11.6 Å². The van der Waals surface area contributed by atoms with Crippen molar-refractivity contribution in [2.24, 2.45) is 0 Å². The van der Waals surface area contributed by atoms with Crippen LogP contribution in [0.15, 0.2) is 36.4 Å². The predicted octanol–water partition coefficient (Wildman–Crippen LogP) is 3.95. The number of carbonyl (C=O) groups excluding carboxylic acids is 1. The number of amides is 1. The minimum Gasteiger partial charge on any atom is -0.308 e. The van der Waals surface area contributed by atoms with Crippen LogP contribution in [0.1, 0.15) is 21.5 Å². The van der Waals surface area contributed by atoms with E-state index in [1.54, 1.807) is 0 Å². The Labute approximate surface area is 158 Å². The smallest absolute Gasteiger partial charge is 0.270 e. The van der Waals surface area contributed by atoms with Crippen molar-refractivity contribution in [1.82, 2.24) is 10.3 Å². The summed E-state index contributed by atoms with van der Waals surface area (Å²) < 4.78 is 1.03. The highest BCUT2D eigenvalue weighted by Gasteiger charge is 2.14. The van der Waals surface area contributed by atoms with Crippen LogP contribution in [0.5, 0.6) is 0 Å². The van der Waals surface area contributed by atoms with Gasteiger partial charge in [-0.3, -0.25) is 20.2 Å². The van der Waals surface area contributed by atoms with Crippen LogP contribution in [0.4, 0.5) is 10.8 Å². The maximum Gasteiger partial charge on any atom is 0.270 e. The molecule has 26 heavy (non-hydrogen) atoms. The average molecular weight is 386 g/mol. The van der Waals surface area contributed by atoms with E-state index in [-0.39, 0.29) is 16.4 Å². The van der Waals surface area contributed by atoms with Gasteiger partial charge in [0.15, 0.2) is 10.2 Å². The molecule has 0 unspecified atom stereocenters. The number of nitrogens with zero attached hydrogens (tertiary/aromatic N) is 2. The molecule has 3 aromatic rings. The van der Waals surface area contributed by atoms with Crippen molar-refractivity contribution in [3.63, 3.8) is 0 Å². The van der Waals surface area contributed by atoms with Crippen LogP contribution in [-0.2, 0) is 0 Å². The molecule has 7 nitrogen and oxygen atoms in total. The highest BCUT2D eigenvalue weighted by molar-refractivity contribution is 7.80. The number of anilines is 1. The molecular formula is C17H14N4O3S2. The SMILES string of the molecule is Cc1cc(C)c2nc(NC(=S)NC(=O)c3cccc([N+](=O)[O-])c3)sc2c1. The number of fused-ring (bicyclic) bond motifs is 1. The number of benzene rings is 2. The molecule has 0 aliphatic heterocycles. The molecule has 9 heteroatoms. The monoisotopic (exact) mass is 386 g/mol. The molecule has 0 aliphatic rings. The molecule has 1 heterocycles. The maximum atomic E-state index is 12.2. The number of nitro benzene ring substituents is 1. The maximum absolute atomic E-state index is 12.2. The van der Waals surface area contributed by atoms with Crippen molar-refractivity contribution in [3.05, 3.63) is 63.2 Å². The van der Waals surface area contributed by atoms with Crippen LogP contribution < -0.4 is 10.6 Å². The summed E-state index contributed by atoms with van der Waals surface area (Å²) >= 11 is 6.58. The lowest BCUT2D eigenvalue weighted by Crippen LogP contribution is -2.34. The lowest BCUT2D eigenvalue weighted by atomic mass is 10.1. The second-order valence-corrected chi connectivity index (χ2v) is 7.10. The van der Waals surface area contributed by atoms with Crippen molar-refractivity contribution in [2.45, 2.75) is 13.8 Å². The van der Waals surface area contributed by atoms with Crippen molar-refractivity contribution < 1.29 is 9.72 Å². The minimum absolute atomic E-state index is 0.0786.